The first kappa shape index (κ1) is 15.4. The standard InChI is InChI=1S/C16H22N2O3/c1-13(19)18-10-8-16(2,9-11-18)17-15(20)21-12-14-6-4-3-5-7-14/h3-7H,8-12H2,1-2H3,(H,17,20). The third-order valence-corrected chi connectivity index (χ3v) is 3.93. The summed E-state index contributed by atoms with van der Waals surface area (Å²) < 4.78 is 5.24. The van der Waals surface area contributed by atoms with E-state index in [2.05, 4.69) is 5.32 Å². The highest BCUT2D eigenvalue weighted by Crippen LogP contribution is 2.22. The number of ether oxygens (including phenoxy) is 1. The monoisotopic (exact) mass is 290 g/mol. The van der Waals surface area contributed by atoms with Crippen molar-refractivity contribution in [1.82, 2.24) is 10.2 Å². The molecule has 1 fully saturated rings. The Balaban J connectivity index is 1.78. The Labute approximate surface area is 125 Å². The SMILES string of the molecule is CC(=O)N1CCC(C)(NC(=O)OCc2ccccc2)CC1. The summed E-state index contributed by atoms with van der Waals surface area (Å²) in [7, 11) is 0. The molecule has 0 bridgehead atoms. The second kappa shape index (κ2) is 6.61. The van der Waals surface area contributed by atoms with Gasteiger partial charge < -0.3 is 15.0 Å². The van der Waals surface area contributed by atoms with Crippen molar-refractivity contribution in [1.29, 1.82) is 0 Å². The van der Waals surface area contributed by atoms with Crippen molar-refractivity contribution < 1.29 is 14.3 Å². The maximum Gasteiger partial charge on any atom is 0.407 e. The van der Waals surface area contributed by atoms with Gasteiger partial charge in [-0.2, -0.15) is 0 Å². The molecule has 1 aliphatic heterocycles. The second-order valence-electron chi connectivity index (χ2n) is 5.75. The molecular weight excluding hydrogens is 268 g/mol. The summed E-state index contributed by atoms with van der Waals surface area (Å²) in [6.07, 6.45) is 1.08. The van der Waals surface area contributed by atoms with Crippen LogP contribution in [0.3, 0.4) is 0 Å². The van der Waals surface area contributed by atoms with Crippen LogP contribution < -0.4 is 5.32 Å². The highest BCUT2D eigenvalue weighted by atomic mass is 16.5. The lowest BCUT2D eigenvalue weighted by molar-refractivity contribution is -0.130. The lowest BCUT2D eigenvalue weighted by atomic mass is 9.90. The molecule has 2 amide bonds. The predicted octanol–water partition coefficient (Wildman–Crippen LogP) is 2.31. The molecule has 0 aromatic heterocycles. The molecular formula is C16H22N2O3. The van der Waals surface area contributed by atoms with Crippen LogP contribution in [0.25, 0.3) is 0 Å². The summed E-state index contributed by atoms with van der Waals surface area (Å²) in [5.41, 5.74) is 0.656. The fourth-order valence-corrected chi connectivity index (χ4v) is 2.45. The molecule has 0 radical (unpaired) electrons. The Morgan fingerprint density at radius 3 is 2.43 bits per heavy atom. The average Bonchev–Trinajstić information content (AvgIpc) is 2.46. The zero-order valence-corrected chi connectivity index (χ0v) is 12.6. The number of nitrogens with one attached hydrogen (secondary N) is 1. The summed E-state index contributed by atoms with van der Waals surface area (Å²) >= 11 is 0. The molecule has 1 heterocycles. The van der Waals surface area contributed by atoms with E-state index in [0.717, 1.165) is 18.4 Å². The molecule has 2 rings (SSSR count). The number of alkyl carbamates (subject to hydrolysis) is 1. The van der Waals surface area contributed by atoms with Crippen LogP contribution in [-0.4, -0.2) is 35.5 Å². The van der Waals surface area contributed by atoms with Crippen LogP contribution in [0.4, 0.5) is 4.79 Å². The fraction of sp³-hybridized carbons (Fsp3) is 0.500. The summed E-state index contributed by atoms with van der Waals surface area (Å²) in [6.45, 7) is 5.18. The second-order valence-corrected chi connectivity index (χ2v) is 5.75. The number of hydrogen-bond donors (Lipinski definition) is 1. The summed E-state index contributed by atoms with van der Waals surface area (Å²) in [6, 6.07) is 9.58. The van der Waals surface area contributed by atoms with Crippen molar-refractivity contribution >= 4 is 12.0 Å². The highest BCUT2D eigenvalue weighted by molar-refractivity contribution is 5.73. The third kappa shape index (κ3) is 4.48. The first-order valence-corrected chi connectivity index (χ1v) is 7.23. The molecule has 5 nitrogen and oxygen atoms in total. The number of rotatable bonds is 3. The van der Waals surface area contributed by atoms with Gasteiger partial charge in [-0.05, 0) is 25.3 Å². The topological polar surface area (TPSA) is 58.6 Å². The first-order valence-electron chi connectivity index (χ1n) is 7.23. The fourth-order valence-electron chi connectivity index (χ4n) is 2.45. The van der Waals surface area contributed by atoms with E-state index in [1.807, 2.05) is 37.3 Å². The molecule has 0 atom stereocenters. The Kier molecular flexibility index (Phi) is 4.83. The minimum atomic E-state index is -0.405. The maximum atomic E-state index is 11.9. The van der Waals surface area contributed by atoms with Crippen molar-refractivity contribution in [3.05, 3.63) is 35.9 Å². The predicted molar refractivity (Wildman–Crippen MR) is 79.7 cm³/mol. The van der Waals surface area contributed by atoms with Crippen LogP contribution in [0.1, 0.15) is 32.3 Å². The summed E-state index contributed by atoms with van der Waals surface area (Å²) in [4.78, 5) is 25.0. The van der Waals surface area contributed by atoms with E-state index in [1.165, 1.54) is 0 Å². The number of nitrogens with zero attached hydrogens (tertiary/aromatic N) is 1. The molecule has 1 aromatic carbocycles. The smallest absolute Gasteiger partial charge is 0.407 e. The number of benzene rings is 1. The molecule has 21 heavy (non-hydrogen) atoms. The number of piperidine rings is 1. The number of carbonyl (C=O) groups excluding carboxylic acids is 2. The highest BCUT2D eigenvalue weighted by Gasteiger charge is 2.32. The Bertz CT molecular complexity index is 494. The van der Waals surface area contributed by atoms with E-state index in [-0.39, 0.29) is 18.1 Å². The van der Waals surface area contributed by atoms with E-state index in [4.69, 9.17) is 4.74 Å². The van der Waals surface area contributed by atoms with Crippen LogP contribution in [0.2, 0.25) is 0 Å². The van der Waals surface area contributed by atoms with Crippen molar-refractivity contribution in [2.24, 2.45) is 0 Å². The van der Waals surface area contributed by atoms with E-state index in [0.29, 0.717) is 13.1 Å². The van der Waals surface area contributed by atoms with Gasteiger partial charge >= 0.3 is 6.09 Å². The van der Waals surface area contributed by atoms with Gasteiger partial charge in [0, 0.05) is 25.6 Å². The van der Waals surface area contributed by atoms with E-state index >= 15 is 0 Å². The van der Waals surface area contributed by atoms with Gasteiger partial charge in [0.25, 0.3) is 0 Å². The van der Waals surface area contributed by atoms with Gasteiger partial charge in [0.15, 0.2) is 0 Å². The summed E-state index contributed by atoms with van der Waals surface area (Å²) in [5.74, 6) is 0.0868. The Morgan fingerprint density at radius 2 is 1.86 bits per heavy atom. The quantitative estimate of drug-likeness (QED) is 0.929. The number of hydrogen-bond acceptors (Lipinski definition) is 3. The van der Waals surface area contributed by atoms with Crippen molar-refractivity contribution in [3.63, 3.8) is 0 Å². The molecule has 0 saturated carbocycles. The average molecular weight is 290 g/mol. The Morgan fingerprint density at radius 1 is 1.24 bits per heavy atom. The molecule has 0 unspecified atom stereocenters. The number of amides is 2. The van der Waals surface area contributed by atoms with Crippen LogP contribution in [0.5, 0.6) is 0 Å². The van der Waals surface area contributed by atoms with Crippen LogP contribution in [-0.2, 0) is 16.1 Å². The number of carbonyl (C=O) groups is 2. The molecule has 114 valence electrons. The zero-order chi connectivity index (χ0) is 15.3. The van der Waals surface area contributed by atoms with Crippen LogP contribution >= 0.6 is 0 Å². The normalized spacial score (nSPS) is 17.1. The van der Waals surface area contributed by atoms with Crippen LogP contribution in [0, 0.1) is 0 Å². The molecule has 0 spiro atoms. The van der Waals surface area contributed by atoms with E-state index < -0.39 is 6.09 Å². The van der Waals surface area contributed by atoms with Gasteiger partial charge in [0.1, 0.15) is 6.61 Å². The third-order valence-electron chi connectivity index (χ3n) is 3.93. The van der Waals surface area contributed by atoms with Gasteiger partial charge in [-0.3, -0.25) is 4.79 Å². The van der Waals surface area contributed by atoms with E-state index in [1.54, 1.807) is 11.8 Å². The molecule has 0 aliphatic carbocycles. The minimum absolute atomic E-state index is 0.0868. The minimum Gasteiger partial charge on any atom is -0.445 e. The number of likely N-dealkylation sites (tertiary alicyclic amines) is 1. The largest absolute Gasteiger partial charge is 0.445 e. The van der Waals surface area contributed by atoms with Gasteiger partial charge in [-0.25, -0.2) is 4.79 Å². The van der Waals surface area contributed by atoms with Gasteiger partial charge in [-0.15, -0.1) is 0 Å². The first-order chi connectivity index (χ1) is 9.98. The van der Waals surface area contributed by atoms with Gasteiger partial charge in [0.2, 0.25) is 5.91 Å². The lowest BCUT2D eigenvalue weighted by Crippen LogP contribution is -2.54. The molecule has 1 aromatic rings. The molecule has 5 heteroatoms. The van der Waals surface area contributed by atoms with Crippen molar-refractivity contribution in [2.45, 2.75) is 38.8 Å². The molecule has 1 N–H and O–H groups in total. The zero-order valence-electron chi connectivity index (χ0n) is 12.6. The lowest BCUT2D eigenvalue weighted by Gasteiger charge is -2.39. The Hall–Kier alpha value is -2.04. The molecule has 1 aliphatic rings. The van der Waals surface area contributed by atoms with Crippen molar-refractivity contribution in [3.8, 4) is 0 Å². The maximum absolute atomic E-state index is 11.9. The molecule has 1 saturated heterocycles. The van der Waals surface area contributed by atoms with Crippen molar-refractivity contribution in [2.75, 3.05) is 13.1 Å². The van der Waals surface area contributed by atoms with E-state index in [9.17, 15) is 9.59 Å². The summed E-state index contributed by atoms with van der Waals surface area (Å²) in [5, 5.41) is 2.93. The van der Waals surface area contributed by atoms with Crippen LogP contribution in [0.15, 0.2) is 30.3 Å². The van der Waals surface area contributed by atoms with Gasteiger partial charge in [-0.1, -0.05) is 30.3 Å². The van der Waals surface area contributed by atoms with Gasteiger partial charge in [0.05, 0.1) is 0 Å².